The minimum atomic E-state index is -0.485. The van der Waals surface area contributed by atoms with Crippen LogP contribution in [0.3, 0.4) is 0 Å². The molecule has 0 aliphatic heterocycles. The standard InChI is InChI=1S/C13H17N5O3/c1-21-12-7-15-10(6-11(12)19)8-18(17-14)13(20)16-9-4-2-3-5-9/h6-7,9H,2-5,8H2,1H3,(H-,15,16,19,20)/p+1. The number of urea groups is 1. The fourth-order valence-corrected chi connectivity index (χ4v) is 2.38. The average molecular weight is 292 g/mol. The smallest absolute Gasteiger partial charge is 0.391 e. The summed E-state index contributed by atoms with van der Waals surface area (Å²) in [4.78, 5) is 26.4. The first-order valence-corrected chi connectivity index (χ1v) is 6.82. The predicted molar refractivity (Wildman–Crippen MR) is 75.0 cm³/mol. The van der Waals surface area contributed by atoms with Crippen molar-refractivity contribution in [1.29, 1.82) is 5.39 Å². The normalized spacial score (nSPS) is 14.5. The maximum absolute atomic E-state index is 12.0. The molecule has 2 amide bonds. The summed E-state index contributed by atoms with van der Waals surface area (Å²) < 4.78 is 4.86. The number of amides is 2. The fraction of sp³-hybridized carbons (Fsp3) is 0.538. The molecule has 1 heterocycles. The van der Waals surface area contributed by atoms with Crippen LogP contribution in [0.2, 0.25) is 0 Å². The van der Waals surface area contributed by atoms with Gasteiger partial charge >= 0.3 is 11.1 Å². The number of rotatable bonds is 4. The van der Waals surface area contributed by atoms with Gasteiger partial charge in [0.1, 0.15) is 6.54 Å². The number of H-pyrrole nitrogens is 1. The number of diazo groups is 1. The lowest BCUT2D eigenvalue weighted by atomic mass is 10.2. The number of aromatic nitrogens is 1. The number of hydrogen-bond acceptors (Lipinski definition) is 4. The molecule has 0 spiro atoms. The topological polar surface area (TPSA) is 103 Å². The van der Waals surface area contributed by atoms with E-state index in [1.54, 1.807) is 0 Å². The number of aromatic amines is 1. The summed E-state index contributed by atoms with van der Waals surface area (Å²) in [5.41, 5.74) is 0.139. The van der Waals surface area contributed by atoms with Gasteiger partial charge in [-0.3, -0.25) is 4.79 Å². The van der Waals surface area contributed by atoms with E-state index in [1.807, 2.05) is 0 Å². The van der Waals surface area contributed by atoms with E-state index < -0.39 is 6.03 Å². The molecule has 0 unspecified atom stereocenters. The molecule has 8 nitrogen and oxygen atoms in total. The van der Waals surface area contributed by atoms with Crippen molar-refractivity contribution < 1.29 is 9.53 Å². The molecule has 0 bridgehead atoms. The molecule has 1 fully saturated rings. The van der Waals surface area contributed by atoms with Crippen LogP contribution >= 0.6 is 0 Å². The van der Waals surface area contributed by atoms with Crippen molar-refractivity contribution in [3.05, 3.63) is 33.3 Å². The Morgan fingerprint density at radius 1 is 1.57 bits per heavy atom. The van der Waals surface area contributed by atoms with Crippen molar-refractivity contribution in [3.63, 3.8) is 0 Å². The molecule has 0 radical (unpaired) electrons. The molecular weight excluding hydrogens is 274 g/mol. The van der Waals surface area contributed by atoms with Crippen molar-refractivity contribution in [2.75, 3.05) is 7.11 Å². The quantitative estimate of drug-likeness (QED) is 0.650. The van der Waals surface area contributed by atoms with Gasteiger partial charge in [0.2, 0.25) is 5.43 Å². The second kappa shape index (κ2) is 6.74. The first-order chi connectivity index (χ1) is 10.1. The molecular formula is C13H18N5O3+. The highest BCUT2D eigenvalue weighted by molar-refractivity contribution is 5.75. The van der Waals surface area contributed by atoms with Crippen LogP contribution in [0.15, 0.2) is 17.1 Å². The number of methoxy groups -OCH3 is 1. The molecule has 2 rings (SSSR count). The number of nitrogens with zero attached hydrogens (tertiary/aromatic N) is 3. The van der Waals surface area contributed by atoms with Crippen LogP contribution in [0.4, 0.5) is 4.79 Å². The van der Waals surface area contributed by atoms with Gasteiger partial charge in [0.05, 0.1) is 12.1 Å². The van der Waals surface area contributed by atoms with Gasteiger partial charge in [0.25, 0.3) is 5.39 Å². The van der Waals surface area contributed by atoms with Crippen molar-refractivity contribution in [3.8, 4) is 5.75 Å². The van der Waals surface area contributed by atoms with Gasteiger partial charge in [0, 0.05) is 24.0 Å². The number of carbonyl (C=O) groups excluding carboxylic acids is 1. The molecule has 0 atom stereocenters. The van der Waals surface area contributed by atoms with Crippen molar-refractivity contribution in [2.24, 2.45) is 0 Å². The third-order valence-electron chi connectivity index (χ3n) is 3.50. The Labute approximate surface area is 121 Å². The summed E-state index contributed by atoms with van der Waals surface area (Å²) in [5, 5.41) is 15.6. The highest BCUT2D eigenvalue weighted by Gasteiger charge is 2.28. The largest absolute Gasteiger partial charge is 0.491 e. The molecule has 1 aliphatic rings. The zero-order valence-corrected chi connectivity index (χ0v) is 11.8. The lowest BCUT2D eigenvalue weighted by Crippen LogP contribution is -2.40. The van der Waals surface area contributed by atoms with Gasteiger partial charge in [-0.25, -0.2) is 4.79 Å². The van der Waals surface area contributed by atoms with Crippen LogP contribution < -0.4 is 15.5 Å². The van der Waals surface area contributed by atoms with Crippen molar-refractivity contribution in [2.45, 2.75) is 38.3 Å². The van der Waals surface area contributed by atoms with Crippen LogP contribution in [0, 0.1) is 5.39 Å². The molecule has 0 aromatic carbocycles. The minimum absolute atomic E-state index is 0.0334. The molecule has 8 heteroatoms. The third kappa shape index (κ3) is 3.72. The molecule has 1 aromatic heterocycles. The third-order valence-corrected chi connectivity index (χ3v) is 3.50. The van der Waals surface area contributed by atoms with Crippen LogP contribution in [-0.4, -0.2) is 29.2 Å². The number of ether oxygens (including phenoxy) is 1. The Morgan fingerprint density at radius 3 is 2.86 bits per heavy atom. The molecule has 21 heavy (non-hydrogen) atoms. The summed E-state index contributed by atoms with van der Waals surface area (Å²) in [6, 6.07) is 0.942. The zero-order valence-electron chi connectivity index (χ0n) is 11.8. The van der Waals surface area contributed by atoms with E-state index in [2.05, 4.69) is 15.4 Å². The summed E-state index contributed by atoms with van der Waals surface area (Å²) in [6.45, 7) is -0.0334. The Bertz CT molecular complexity index is 601. The minimum Gasteiger partial charge on any atom is -0.491 e. The molecule has 1 saturated carbocycles. The molecule has 112 valence electrons. The van der Waals surface area contributed by atoms with Crippen LogP contribution in [0.25, 0.3) is 5.08 Å². The van der Waals surface area contributed by atoms with E-state index in [4.69, 9.17) is 10.1 Å². The van der Waals surface area contributed by atoms with E-state index >= 15 is 0 Å². The van der Waals surface area contributed by atoms with E-state index in [0.29, 0.717) is 5.69 Å². The van der Waals surface area contributed by atoms with Gasteiger partial charge in [-0.2, -0.15) is 0 Å². The highest BCUT2D eigenvalue weighted by atomic mass is 16.5. The SMILES string of the molecule is COc1c[nH]c(CN([N+]#N)C(=O)NC2CCCC2)cc1=O. The van der Waals surface area contributed by atoms with Crippen molar-refractivity contribution >= 4 is 6.03 Å². The maximum atomic E-state index is 12.0. The number of pyridine rings is 1. The van der Waals surface area contributed by atoms with Crippen LogP contribution in [-0.2, 0) is 6.54 Å². The Kier molecular flexibility index (Phi) is 4.77. The van der Waals surface area contributed by atoms with E-state index in [0.717, 1.165) is 30.7 Å². The number of hydrogen-bond donors (Lipinski definition) is 2. The zero-order chi connectivity index (χ0) is 15.2. The van der Waals surface area contributed by atoms with Gasteiger partial charge in [-0.05, 0) is 12.8 Å². The van der Waals surface area contributed by atoms with Crippen LogP contribution in [0.5, 0.6) is 5.75 Å². The number of carbonyl (C=O) groups is 1. The van der Waals surface area contributed by atoms with Crippen LogP contribution in [0.1, 0.15) is 31.4 Å². The monoisotopic (exact) mass is 292 g/mol. The predicted octanol–water partition coefficient (Wildman–Crippen LogP) is 1.61. The van der Waals surface area contributed by atoms with Gasteiger partial charge in [-0.1, -0.05) is 12.8 Å². The second-order valence-electron chi connectivity index (χ2n) is 4.97. The summed E-state index contributed by atoms with van der Waals surface area (Å²) in [6.07, 6.45) is 5.46. The Balaban J connectivity index is 2.01. The fourth-order valence-electron chi connectivity index (χ4n) is 2.38. The van der Waals surface area contributed by atoms with E-state index in [9.17, 15) is 9.59 Å². The second-order valence-corrected chi connectivity index (χ2v) is 4.97. The van der Waals surface area contributed by atoms with E-state index in [-0.39, 0.29) is 23.8 Å². The van der Waals surface area contributed by atoms with Gasteiger partial charge in [-0.15, -0.1) is 0 Å². The summed E-state index contributed by atoms with van der Waals surface area (Å²) >= 11 is 0. The molecule has 0 saturated heterocycles. The maximum Gasteiger partial charge on any atom is 0.391 e. The Hall–Kier alpha value is -2.56. The Morgan fingerprint density at radius 2 is 2.29 bits per heavy atom. The molecule has 1 aromatic rings. The highest BCUT2D eigenvalue weighted by Crippen LogP contribution is 2.18. The summed E-state index contributed by atoms with van der Waals surface area (Å²) in [5.74, 6) is 0.182. The molecule has 1 aliphatic carbocycles. The van der Waals surface area contributed by atoms with Gasteiger partial charge in [0.15, 0.2) is 5.75 Å². The van der Waals surface area contributed by atoms with E-state index in [1.165, 1.54) is 19.4 Å². The van der Waals surface area contributed by atoms with Crippen molar-refractivity contribution in [1.82, 2.24) is 15.3 Å². The van der Waals surface area contributed by atoms with Gasteiger partial charge < -0.3 is 15.0 Å². The lowest BCUT2D eigenvalue weighted by Gasteiger charge is -2.11. The first kappa shape index (κ1) is 14.8. The lowest BCUT2D eigenvalue weighted by molar-refractivity contribution is 0.207. The number of nitrogens with one attached hydrogen (secondary N) is 2. The molecule has 2 N–H and O–H groups in total. The first-order valence-electron chi connectivity index (χ1n) is 6.82. The average Bonchev–Trinajstić information content (AvgIpc) is 2.97. The summed E-state index contributed by atoms with van der Waals surface area (Å²) in [7, 11) is 1.40.